The number of sulfonamides is 1. The second-order valence-electron chi connectivity index (χ2n) is 5.16. The van der Waals surface area contributed by atoms with Crippen LogP contribution < -0.4 is 0 Å². The van der Waals surface area contributed by atoms with E-state index in [1.54, 1.807) is 12.1 Å². The van der Waals surface area contributed by atoms with Gasteiger partial charge in [0.1, 0.15) is 11.3 Å². The first-order valence-electron chi connectivity index (χ1n) is 6.30. The van der Waals surface area contributed by atoms with Crippen molar-refractivity contribution in [2.45, 2.75) is 24.7 Å². The summed E-state index contributed by atoms with van der Waals surface area (Å²) in [6.45, 7) is 3.98. The monoisotopic (exact) mass is 294 g/mol. The minimum Gasteiger partial charge on any atom is -0.506 e. The zero-order valence-corrected chi connectivity index (χ0v) is 12.8. The van der Waals surface area contributed by atoms with E-state index in [2.05, 4.69) is 4.98 Å². The fourth-order valence-electron chi connectivity index (χ4n) is 1.93. The maximum absolute atomic E-state index is 12.3. The highest BCUT2D eigenvalue weighted by atomic mass is 32.2. The van der Waals surface area contributed by atoms with E-state index >= 15 is 0 Å². The fraction of sp³-hybridized carbons (Fsp3) is 0.357. The van der Waals surface area contributed by atoms with E-state index in [9.17, 15) is 13.5 Å². The lowest BCUT2D eigenvalue weighted by Gasteiger charge is -2.14. The molecule has 1 N–H and O–H groups in total. The summed E-state index contributed by atoms with van der Waals surface area (Å²) in [4.78, 5) is 4.53. The molecule has 1 aromatic heterocycles. The van der Waals surface area contributed by atoms with Gasteiger partial charge in [-0.2, -0.15) is 0 Å². The molecule has 0 bridgehead atoms. The quantitative estimate of drug-likeness (QED) is 0.943. The summed E-state index contributed by atoms with van der Waals surface area (Å²) in [7, 11) is -0.619. The summed E-state index contributed by atoms with van der Waals surface area (Å²) in [6, 6.07) is 6.27. The van der Waals surface area contributed by atoms with Crippen LogP contribution in [0.3, 0.4) is 0 Å². The number of pyridine rings is 1. The molecule has 2 aromatic rings. The van der Waals surface area contributed by atoms with Gasteiger partial charge in [-0.15, -0.1) is 0 Å². The van der Waals surface area contributed by atoms with Gasteiger partial charge in [0.25, 0.3) is 0 Å². The van der Waals surface area contributed by atoms with Crippen LogP contribution in [0.1, 0.15) is 25.5 Å². The van der Waals surface area contributed by atoms with Crippen molar-refractivity contribution >= 4 is 20.9 Å². The molecule has 0 amide bonds. The lowest BCUT2D eigenvalue weighted by Crippen LogP contribution is -2.22. The molecule has 0 aliphatic heterocycles. The molecule has 1 heterocycles. The van der Waals surface area contributed by atoms with Crippen molar-refractivity contribution in [2.24, 2.45) is 0 Å². The van der Waals surface area contributed by atoms with Gasteiger partial charge < -0.3 is 5.11 Å². The molecular formula is C14H18N2O3S. The second-order valence-corrected chi connectivity index (χ2v) is 7.28. The molecule has 0 saturated heterocycles. The molecule has 0 aliphatic rings. The Hall–Kier alpha value is -1.66. The topological polar surface area (TPSA) is 70.5 Å². The maximum atomic E-state index is 12.3. The van der Waals surface area contributed by atoms with Gasteiger partial charge in [0.05, 0.1) is 4.90 Å². The van der Waals surface area contributed by atoms with E-state index in [1.807, 2.05) is 13.8 Å². The van der Waals surface area contributed by atoms with Gasteiger partial charge in [0.2, 0.25) is 10.0 Å². The molecule has 0 radical (unpaired) electrons. The molecule has 0 spiro atoms. The first kappa shape index (κ1) is 14.7. The van der Waals surface area contributed by atoms with Crippen LogP contribution in [-0.2, 0) is 10.0 Å². The van der Waals surface area contributed by atoms with Gasteiger partial charge in [-0.05, 0) is 30.2 Å². The smallest absolute Gasteiger partial charge is 0.243 e. The largest absolute Gasteiger partial charge is 0.506 e. The SMILES string of the molecule is CC(C)c1ccc2c(S(=O)(=O)N(C)C)ccc(O)c2n1. The van der Waals surface area contributed by atoms with Crippen molar-refractivity contribution < 1.29 is 13.5 Å². The highest BCUT2D eigenvalue weighted by Gasteiger charge is 2.22. The van der Waals surface area contributed by atoms with Gasteiger partial charge in [-0.1, -0.05) is 13.8 Å². The zero-order valence-electron chi connectivity index (χ0n) is 12.0. The Balaban J connectivity index is 2.81. The van der Waals surface area contributed by atoms with Crippen molar-refractivity contribution in [1.29, 1.82) is 0 Å². The normalized spacial score (nSPS) is 12.5. The first-order valence-corrected chi connectivity index (χ1v) is 7.74. The number of benzene rings is 1. The van der Waals surface area contributed by atoms with Gasteiger partial charge >= 0.3 is 0 Å². The van der Waals surface area contributed by atoms with Crippen LogP contribution in [0.5, 0.6) is 5.75 Å². The van der Waals surface area contributed by atoms with Gasteiger partial charge in [0.15, 0.2) is 0 Å². The van der Waals surface area contributed by atoms with Crippen molar-refractivity contribution in [2.75, 3.05) is 14.1 Å². The van der Waals surface area contributed by atoms with E-state index in [4.69, 9.17) is 0 Å². The molecule has 2 rings (SSSR count). The molecule has 0 fully saturated rings. The Labute approximate surface area is 118 Å². The minimum absolute atomic E-state index is 0.0137. The third kappa shape index (κ3) is 2.36. The maximum Gasteiger partial charge on any atom is 0.243 e. The summed E-state index contributed by atoms with van der Waals surface area (Å²) in [5, 5.41) is 10.4. The molecule has 108 valence electrons. The average Bonchev–Trinajstić information content (AvgIpc) is 2.38. The number of aromatic nitrogens is 1. The summed E-state index contributed by atoms with van der Waals surface area (Å²) in [6.07, 6.45) is 0. The zero-order chi connectivity index (χ0) is 15.1. The molecule has 0 atom stereocenters. The van der Waals surface area contributed by atoms with E-state index in [1.165, 1.54) is 26.2 Å². The van der Waals surface area contributed by atoms with Crippen molar-refractivity contribution in [3.05, 3.63) is 30.0 Å². The van der Waals surface area contributed by atoms with E-state index in [0.29, 0.717) is 10.9 Å². The Morgan fingerprint density at radius 1 is 1.15 bits per heavy atom. The van der Waals surface area contributed by atoms with Crippen LogP contribution in [0.15, 0.2) is 29.2 Å². The summed E-state index contributed by atoms with van der Waals surface area (Å²) in [5.41, 5.74) is 1.13. The van der Waals surface area contributed by atoms with Gasteiger partial charge in [-0.3, -0.25) is 0 Å². The third-order valence-corrected chi connectivity index (χ3v) is 5.04. The number of nitrogens with zero attached hydrogens (tertiary/aromatic N) is 2. The average molecular weight is 294 g/mol. The van der Waals surface area contributed by atoms with Crippen LogP contribution in [0.2, 0.25) is 0 Å². The number of aromatic hydroxyl groups is 1. The van der Waals surface area contributed by atoms with Crippen LogP contribution in [0.25, 0.3) is 10.9 Å². The molecule has 0 unspecified atom stereocenters. The number of phenolic OH excluding ortho intramolecular Hbond substituents is 1. The van der Waals surface area contributed by atoms with Crippen molar-refractivity contribution in [3.8, 4) is 5.75 Å². The lowest BCUT2D eigenvalue weighted by molar-refractivity contribution is 0.479. The standard InChI is InChI=1S/C14H18N2O3S/c1-9(2)11-6-5-10-13(20(18,19)16(3)4)8-7-12(17)14(10)15-11/h5-9,17H,1-4H3. The molecule has 0 aliphatic carbocycles. The van der Waals surface area contributed by atoms with Crippen LogP contribution in [0.4, 0.5) is 0 Å². The highest BCUT2D eigenvalue weighted by molar-refractivity contribution is 7.89. The van der Waals surface area contributed by atoms with E-state index in [-0.39, 0.29) is 16.6 Å². The fourth-order valence-corrected chi connectivity index (χ4v) is 3.01. The highest BCUT2D eigenvalue weighted by Crippen LogP contribution is 2.31. The number of fused-ring (bicyclic) bond motifs is 1. The predicted molar refractivity (Wildman–Crippen MR) is 78.4 cm³/mol. The number of rotatable bonds is 3. The first-order chi connectivity index (χ1) is 9.25. The molecule has 20 heavy (non-hydrogen) atoms. The van der Waals surface area contributed by atoms with Crippen LogP contribution in [-0.4, -0.2) is 36.9 Å². The number of phenols is 1. The van der Waals surface area contributed by atoms with Gasteiger partial charge in [-0.25, -0.2) is 17.7 Å². The number of hydrogen-bond donors (Lipinski definition) is 1. The molecular weight excluding hydrogens is 276 g/mol. The Bertz CT molecular complexity index is 752. The molecule has 6 heteroatoms. The minimum atomic E-state index is -3.57. The van der Waals surface area contributed by atoms with E-state index in [0.717, 1.165) is 10.00 Å². The summed E-state index contributed by atoms with van der Waals surface area (Å²) < 4.78 is 25.7. The third-order valence-electron chi connectivity index (χ3n) is 3.17. The van der Waals surface area contributed by atoms with Gasteiger partial charge in [0, 0.05) is 25.2 Å². The molecule has 1 aromatic carbocycles. The Morgan fingerprint density at radius 3 is 2.35 bits per heavy atom. The molecule has 5 nitrogen and oxygen atoms in total. The Kier molecular flexibility index (Phi) is 3.71. The number of hydrogen-bond acceptors (Lipinski definition) is 4. The molecule has 0 saturated carbocycles. The Morgan fingerprint density at radius 2 is 1.80 bits per heavy atom. The van der Waals surface area contributed by atoms with Crippen LogP contribution in [0, 0.1) is 0 Å². The second kappa shape index (κ2) is 5.03. The lowest BCUT2D eigenvalue weighted by atomic mass is 10.1. The van der Waals surface area contributed by atoms with E-state index < -0.39 is 10.0 Å². The van der Waals surface area contributed by atoms with Crippen LogP contribution >= 0.6 is 0 Å². The van der Waals surface area contributed by atoms with Crippen molar-refractivity contribution in [3.63, 3.8) is 0 Å². The summed E-state index contributed by atoms with van der Waals surface area (Å²) in [5.74, 6) is 0.188. The van der Waals surface area contributed by atoms with Crippen molar-refractivity contribution in [1.82, 2.24) is 9.29 Å². The predicted octanol–water partition coefficient (Wildman–Crippen LogP) is 2.31. The summed E-state index contributed by atoms with van der Waals surface area (Å²) >= 11 is 0.